The maximum Gasteiger partial charge on any atom is 0.490 e. The van der Waals surface area contributed by atoms with E-state index in [-0.39, 0.29) is 17.6 Å². The number of carboxylic acids is 2. The van der Waals surface area contributed by atoms with Crippen LogP contribution in [0.1, 0.15) is 27.2 Å². The van der Waals surface area contributed by atoms with Gasteiger partial charge in [0.05, 0.1) is 18.2 Å². The average Bonchev–Trinajstić information content (AvgIpc) is 2.59. The lowest BCUT2D eigenvalue weighted by molar-refractivity contribution is -0.192. The maximum absolute atomic E-state index is 11.5. The summed E-state index contributed by atoms with van der Waals surface area (Å²) in [7, 11) is 0. The van der Waals surface area contributed by atoms with Crippen molar-refractivity contribution in [2.24, 2.45) is 16.5 Å². The molecule has 1 rings (SSSR count). The first-order valence-electron chi connectivity index (χ1n) is 8.63. The highest BCUT2D eigenvalue weighted by Gasteiger charge is 2.42. The van der Waals surface area contributed by atoms with E-state index < -0.39 is 42.4 Å². The smallest absolute Gasteiger partial charge is 0.478 e. The van der Waals surface area contributed by atoms with Gasteiger partial charge < -0.3 is 36.5 Å². The molecule has 1 amide bonds. The summed E-state index contributed by atoms with van der Waals surface area (Å²) < 4.78 is 42.9. The molecule has 30 heavy (non-hydrogen) atoms. The average molecular weight is 442 g/mol. The number of rotatable bonds is 7. The monoisotopic (exact) mass is 442 g/mol. The predicted octanol–water partition coefficient (Wildman–Crippen LogP) is -0.0512. The number of hydrogen-bond donors (Lipinski definition) is 5. The van der Waals surface area contributed by atoms with Crippen LogP contribution in [-0.4, -0.2) is 71.1 Å². The Labute approximate surface area is 169 Å². The Morgan fingerprint density at radius 3 is 2.17 bits per heavy atom. The highest BCUT2D eigenvalue weighted by atomic mass is 19.4. The second-order valence-corrected chi connectivity index (χ2v) is 5.89. The molecule has 0 bridgehead atoms. The van der Waals surface area contributed by atoms with Crippen molar-refractivity contribution >= 4 is 23.8 Å². The lowest BCUT2D eigenvalue weighted by Crippen LogP contribution is -2.57. The number of nitrogens with zero attached hydrogens (tertiary/aromatic N) is 1. The fourth-order valence-electron chi connectivity index (χ4n) is 2.49. The van der Waals surface area contributed by atoms with Crippen LogP contribution in [0.3, 0.4) is 0 Å². The van der Waals surface area contributed by atoms with Gasteiger partial charge in [0, 0.05) is 13.5 Å². The summed E-state index contributed by atoms with van der Waals surface area (Å²) in [6.07, 6.45) is -4.39. The van der Waals surface area contributed by atoms with Crippen molar-refractivity contribution in [2.45, 2.75) is 57.7 Å². The highest BCUT2D eigenvalue weighted by molar-refractivity contribution is 5.85. The number of hydrogen-bond acceptors (Lipinski definition) is 6. The van der Waals surface area contributed by atoms with E-state index in [0.29, 0.717) is 13.0 Å². The van der Waals surface area contributed by atoms with Crippen LogP contribution in [0.2, 0.25) is 0 Å². The molecule has 0 fully saturated rings. The van der Waals surface area contributed by atoms with Crippen LogP contribution in [-0.2, 0) is 23.9 Å². The zero-order valence-electron chi connectivity index (χ0n) is 16.5. The van der Waals surface area contributed by atoms with E-state index in [0.717, 1.165) is 0 Å². The van der Waals surface area contributed by atoms with Crippen molar-refractivity contribution in [3.8, 4) is 0 Å². The Morgan fingerprint density at radius 1 is 1.30 bits per heavy atom. The highest BCUT2D eigenvalue weighted by Crippen LogP contribution is 2.26. The molecule has 1 aliphatic heterocycles. The van der Waals surface area contributed by atoms with Gasteiger partial charge in [0.15, 0.2) is 5.96 Å². The number of nitrogens with one attached hydrogen (secondary N) is 1. The molecule has 0 aromatic carbocycles. The number of ether oxygens (including phenoxy) is 2. The molecule has 4 atom stereocenters. The minimum atomic E-state index is -5.08. The molecule has 1 heterocycles. The van der Waals surface area contributed by atoms with E-state index in [2.05, 4.69) is 10.3 Å². The van der Waals surface area contributed by atoms with Gasteiger partial charge >= 0.3 is 18.1 Å². The van der Waals surface area contributed by atoms with E-state index in [4.69, 9.17) is 30.8 Å². The van der Waals surface area contributed by atoms with Crippen LogP contribution in [0, 0.1) is 0 Å². The molecule has 7 N–H and O–H groups in total. The van der Waals surface area contributed by atoms with E-state index in [1.54, 1.807) is 0 Å². The van der Waals surface area contributed by atoms with Crippen LogP contribution in [0.4, 0.5) is 13.2 Å². The van der Waals surface area contributed by atoms with Crippen molar-refractivity contribution in [1.82, 2.24) is 5.32 Å². The van der Waals surface area contributed by atoms with E-state index in [1.807, 2.05) is 13.8 Å². The molecular formula is C16H25F3N4O7. The molecule has 0 radical (unpaired) electrons. The van der Waals surface area contributed by atoms with Crippen LogP contribution >= 0.6 is 0 Å². The van der Waals surface area contributed by atoms with Crippen LogP contribution in [0.5, 0.6) is 0 Å². The third-order valence-corrected chi connectivity index (χ3v) is 3.58. The molecule has 11 nitrogen and oxygen atoms in total. The summed E-state index contributed by atoms with van der Waals surface area (Å²) in [6.45, 7) is 5.47. The number of aliphatic carboxylic acids is 2. The standard InChI is InChI=1S/C14H24N4O5.C2HF3O2/c1-4-9(22-5-2)12-11(17-7(3)19)8(18-14(15)16)6-10(23-12)13(20)21;3-2(4,5)1(6)7/h6,8-9,11-12H,4-5H2,1-3H3,(H,17,19)(H,20,21)(H4,15,16,18);(H,6,7)/t8-,9+,11+,12-;/m0./s1. The molecule has 0 saturated heterocycles. The number of carbonyl (C=O) groups is 3. The van der Waals surface area contributed by atoms with Gasteiger partial charge in [-0.05, 0) is 19.4 Å². The van der Waals surface area contributed by atoms with Gasteiger partial charge in [-0.2, -0.15) is 13.2 Å². The predicted molar refractivity (Wildman–Crippen MR) is 97.2 cm³/mol. The summed E-state index contributed by atoms with van der Waals surface area (Å²) in [5.41, 5.74) is 10.8. The number of nitrogens with two attached hydrogens (primary N) is 2. The Balaban J connectivity index is 0.00000103. The van der Waals surface area contributed by atoms with Crippen LogP contribution in [0.15, 0.2) is 16.8 Å². The number of guanidine groups is 1. The van der Waals surface area contributed by atoms with Crippen molar-refractivity contribution < 1.29 is 47.2 Å². The minimum absolute atomic E-state index is 0.212. The molecule has 172 valence electrons. The number of carboxylic acid groups (broad SMARTS) is 2. The van der Waals surface area contributed by atoms with Crippen LogP contribution < -0.4 is 16.8 Å². The SMILES string of the molecule is CCO[C@H](CC)[C@@H]1OC(C(=O)O)=C[C@H](N=C(N)N)[C@H]1NC(C)=O.O=C(O)C(F)(F)F. The summed E-state index contributed by atoms with van der Waals surface area (Å²) in [6, 6.07) is -1.41. The number of amides is 1. The maximum atomic E-state index is 11.5. The van der Waals surface area contributed by atoms with E-state index in [1.165, 1.54) is 13.0 Å². The number of aliphatic imine (C=N–C) groups is 1. The topological polar surface area (TPSA) is 187 Å². The Bertz CT molecular complexity index is 678. The Hall–Kier alpha value is -3.03. The zero-order chi connectivity index (χ0) is 23.6. The quantitative estimate of drug-likeness (QED) is 0.266. The van der Waals surface area contributed by atoms with E-state index >= 15 is 0 Å². The zero-order valence-corrected chi connectivity index (χ0v) is 16.5. The van der Waals surface area contributed by atoms with E-state index in [9.17, 15) is 27.9 Å². The second-order valence-electron chi connectivity index (χ2n) is 5.89. The van der Waals surface area contributed by atoms with Crippen molar-refractivity contribution in [3.63, 3.8) is 0 Å². The fraction of sp³-hybridized carbons (Fsp3) is 0.625. The van der Waals surface area contributed by atoms with Crippen LogP contribution in [0.25, 0.3) is 0 Å². The molecule has 0 saturated carbocycles. The first-order valence-corrected chi connectivity index (χ1v) is 8.63. The molecule has 0 aromatic rings. The van der Waals surface area contributed by atoms with Crippen molar-refractivity contribution in [3.05, 3.63) is 11.8 Å². The van der Waals surface area contributed by atoms with Gasteiger partial charge in [0.25, 0.3) is 0 Å². The molecule has 14 heteroatoms. The molecular weight excluding hydrogens is 417 g/mol. The Morgan fingerprint density at radius 2 is 1.83 bits per heavy atom. The molecule has 0 aliphatic carbocycles. The third-order valence-electron chi connectivity index (χ3n) is 3.58. The van der Waals surface area contributed by atoms with Gasteiger partial charge in [-0.1, -0.05) is 6.92 Å². The number of halogens is 3. The van der Waals surface area contributed by atoms with Gasteiger partial charge in [-0.3, -0.25) is 4.79 Å². The normalized spacial score (nSPS) is 21.7. The van der Waals surface area contributed by atoms with Gasteiger partial charge in [0.1, 0.15) is 6.10 Å². The number of carbonyl (C=O) groups excluding carboxylic acids is 1. The summed E-state index contributed by atoms with van der Waals surface area (Å²) in [5, 5.41) is 19.1. The summed E-state index contributed by atoms with van der Waals surface area (Å²) in [4.78, 5) is 35.7. The van der Waals surface area contributed by atoms with Gasteiger partial charge in [-0.25, -0.2) is 14.6 Å². The minimum Gasteiger partial charge on any atom is -0.478 e. The number of alkyl halides is 3. The third kappa shape index (κ3) is 8.98. The molecule has 1 aliphatic rings. The largest absolute Gasteiger partial charge is 0.490 e. The van der Waals surface area contributed by atoms with Gasteiger partial charge in [0.2, 0.25) is 11.7 Å². The first kappa shape index (κ1) is 27.0. The van der Waals surface area contributed by atoms with Gasteiger partial charge in [-0.15, -0.1) is 0 Å². The second kappa shape index (κ2) is 11.8. The molecule has 0 aromatic heterocycles. The summed E-state index contributed by atoms with van der Waals surface area (Å²) in [5.74, 6) is -4.79. The van der Waals surface area contributed by atoms with Crippen molar-refractivity contribution in [2.75, 3.05) is 6.61 Å². The lowest BCUT2D eigenvalue weighted by atomic mass is 9.93. The summed E-state index contributed by atoms with van der Waals surface area (Å²) >= 11 is 0. The molecule has 0 spiro atoms. The van der Waals surface area contributed by atoms with Crippen molar-refractivity contribution in [1.29, 1.82) is 0 Å². The first-order chi connectivity index (χ1) is 13.7. The fourth-order valence-corrected chi connectivity index (χ4v) is 2.49. The Kier molecular flexibility index (Phi) is 10.7. The molecule has 0 unspecified atom stereocenters. The lowest BCUT2D eigenvalue weighted by Gasteiger charge is -2.38.